The summed E-state index contributed by atoms with van der Waals surface area (Å²) >= 11 is 0. The minimum atomic E-state index is -0.176. The Morgan fingerprint density at radius 2 is 2.39 bits per heavy atom. The molecule has 1 amide bonds. The third-order valence-electron chi connectivity index (χ3n) is 3.79. The number of nitrogens with zero attached hydrogens (tertiary/aromatic N) is 6. The van der Waals surface area contributed by atoms with Crippen LogP contribution in [-0.4, -0.2) is 55.2 Å². The van der Waals surface area contributed by atoms with Crippen molar-refractivity contribution >= 4 is 5.91 Å². The van der Waals surface area contributed by atoms with Crippen molar-refractivity contribution in [2.45, 2.75) is 32.4 Å². The molecule has 0 unspecified atom stereocenters. The van der Waals surface area contributed by atoms with Crippen LogP contribution in [0.1, 0.15) is 30.5 Å². The molecule has 8 heteroatoms. The van der Waals surface area contributed by atoms with Gasteiger partial charge in [0.25, 0.3) is 0 Å². The van der Waals surface area contributed by atoms with E-state index in [1.165, 1.54) is 6.33 Å². The number of carbonyl (C=O) groups is 1. The molecule has 0 bridgehead atoms. The molecule has 3 rings (SSSR count). The molecule has 0 saturated carbocycles. The van der Waals surface area contributed by atoms with E-state index in [2.05, 4.69) is 20.1 Å². The molecule has 23 heavy (non-hydrogen) atoms. The normalized spacial score (nSPS) is 18.1. The molecular weight excluding hydrogens is 296 g/mol. The van der Waals surface area contributed by atoms with Crippen molar-refractivity contribution in [3.63, 3.8) is 0 Å². The van der Waals surface area contributed by atoms with E-state index in [0.717, 1.165) is 12.1 Å². The maximum Gasteiger partial charge on any atom is 0.222 e. The highest BCUT2D eigenvalue weighted by molar-refractivity contribution is 5.76. The van der Waals surface area contributed by atoms with Gasteiger partial charge in [0.1, 0.15) is 24.6 Å². The molecule has 0 aromatic carbocycles. The van der Waals surface area contributed by atoms with E-state index in [-0.39, 0.29) is 12.0 Å². The van der Waals surface area contributed by atoms with Gasteiger partial charge in [-0.15, -0.1) is 0 Å². The highest BCUT2D eigenvalue weighted by atomic mass is 16.5. The Morgan fingerprint density at radius 1 is 1.48 bits per heavy atom. The SMILES string of the molecule is Cc1nccc([C@H]2CN(C(=O)CCCn3cncn3)CCO2)n1. The van der Waals surface area contributed by atoms with Gasteiger partial charge >= 0.3 is 0 Å². The highest BCUT2D eigenvalue weighted by Gasteiger charge is 2.26. The molecule has 1 saturated heterocycles. The summed E-state index contributed by atoms with van der Waals surface area (Å²) in [7, 11) is 0. The van der Waals surface area contributed by atoms with Crippen molar-refractivity contribution < 1.29 is 9.53 Å². The van der Waals surface area contributed by atoms with Gasteiger partial charge in [0, 0.05) is 25.7 Å². The zero-order chi connectivity index (χ0) is 16.1. The summed E-state index contributed by atoms with van der Waals surface area (Å²) in [5.41, 5.74) is 0.831. The van der Waals surface area contributed by atoms with Crippen LogP contribution in [0.4, 0.5) is 0 Å². The monoisotopic (exact) mass is 316 g/mol. The predicted molar refractivity (Wildman–Crippen MR) is 81.3 cm³/mol. The minimum absolute atomic E-state index is 0.143. The maximum atomic E-state index is 12.4. The van der Waals surface area contributed by atoms with Crippen molar-refractivity contribution in [2.75, 3.05) is 19.7 Å². The average Bonchev–Trinajstić information content (AvgIpc) is 3.08. The first-order valence-electron chi connectivity index (χ1n) is 7.74. The molecule has 1 aliphatic rings. The van der Waals surface area contributed by atoms with Crippen LogP contribution in [0.25, 0.3) is 0 Å². The lowest BCUT2D eigenvalue weighted by atomic mass is 10.1. The van der Waals surface area contributed by atoms with Crippen LogP contribution < -0.4 is 0 Å². The maximum absolute atomic E-state index is 12.4. The lowest BCUT2D eigenvalue weighted by molar-refractivity contribution is -0.139. The average molecular weight is 316 g/mol. The van der Waals surface area contributed by atoms with Gasteiger partial charge in [-0.25, -0.2) is 15.0 Å². The second-order valence-electron chi connectivity index (χ2n) is 5.49. The quantitative estimate of drug-likeness (QED) is 0.809. The molecule has 1 fully saturated rings. The molecule has 0 radical (unpaired) electrons. The number of amides is 1. The molecule has 0 aliphatic carbocycles. The molecule has 0 spiro atoms. The standard InChI is InChI=1S/C15H20N6O2/c1-12-17-5-4-13(19-12)14-9-20(7-8-23-14)15(22)3-2-6-21-11-16-10-18-21/h4-5,10-11,14H,2-3,6-9H2,1H3/t14-/m1/s1. The molecular formula is C15H20N6O2. The number of aromatic nitrogens is 5. The third kappa shape index (κ3) is 4.10. The van der Waals surface area contributed by atoms with Crippen molar-refractivity contribution in [1.82, 2.24) is 29.6 Å². The third-order valence-corrected chi connectivity index (χ3v) is 3.79. The molecule has 3 heterocycles. The van der Waals surface area contributed by atoms with E-state index in [1.54, 1.807) is 17.2 Å². The summed E-state index contributed by atoms with van der Waals surface area (Å²) in [6.45, 7) is 4.24. The van der Waals surface area contributed by atoms with Crippen molar-refractivity contribution in [3.05, 3.63) is 36.4 Å². The van der Waals surface area contributed by atoms with Gasteiger partial charge in [0.05, 0.1) is 18.8 Å². The smallest absolute Gasteiger partial charge is 0.222 e. The number of ether oxygens (including phenoxy) is 1. The first-order valence-corrected chi connectivity index (χ1v) is 7.74. The number of carbonyl (C=O) groups excluding carboxylic acids is 1. The Bertz CT molecular complexity index is 645. The summed E-state index contributed by atoms with van der Waals surface area (Å²) in [5.74, 6) is 0.853. The van der Waals surface area contributed by atoms with Crippen LogP contribution in [0, 0.1) is 6.92 Å². The van der Waals surface area contributed by atoms with Gasteiger partial charge in [0.2, 0.25) is 5.91 Å². The van der Waals surface area contributed by atoms with Crippen LogP contribution in [0.3, 0.4) is 0 Å². The predicted octanol–water partition coefficient (Wildman–Crippen LogP) is 0.757. The van der Waals surface area contributed by atoms with E-state index in [9.17, 15) is 4.79 Å². The second-order valence-corrected chi connectivity index (χ2v) is 5.49. The Morgan fingerprint density at radius 3 is 3.17 bits per heavy atom. The lowest BCUT2D eigenvalue weighted by Crippen LogP contribution is -2.42. The lowest BCUT2D eigenvalue weighted by Gasteiger charge is -2.32. The Labute approximate surface area is 134 Å². The van der Waals surface area contributed by atoms with Gasteiger partial charge in [-0.1, -0.05) is 0 Å². The molecule has 2 aromatic heterocycles. The highest BCUT2D eigenvalue weighted by Crippen LogP contribution is 2.21. The van der Waals surface area contributed by atoms with E-state index in [4.69, 9.17) is 4.74 Å². The van der Waals surface area contributed by atoms with Crippen LogP contribution in [0.5, 0.6) is 0 Å². The van der Waals surface area contributed by atoms with Crippen LogP contribution >= 0.6 is 0 Å². The van der Waals surface area contributed by atoms with Crippen LogP contribution in [0.2, 0.25) is 0 Å². The summed E-state index contributed by atoms with van der Waals surface area (Å²) in [6, 6.07) is 1.84. The topological polar surface area (TPSA) is 86.0 Å². The Balaban J connectivity index is 1.52. The number of rotatable bonds is 5. The van der Waals surface area contributed by atoms with Crippen molar-refractivity contribution in [1.29, 1.82) is 0 Å². The van der Waals surface area contributed by atoms with Crippen LogP contribution in [-0.2, 0) is 16.1 Å². The molecule has 122 valence electrons. The van der Waals surface area contributed by atoms with Gasteiger partial charge in [0.15, 0.2) is 0 Å². The van der Waals surface area contributed by atoms with E-state index >= 15 is 0 Å². The minimum Gasteiger partial charge on any atom is -0.368 e. The molecule has 2 aromatic rings. The second kappa shape index (κ2) is 7.28. The fourth-order valence-corrected chi connectivity index (χ4v) is 2.61. The van der Waals surface area contributed by atoms with Crippen LogP contribution in [0.15, 0.2) is 24.9 Å². The molecule has 1 atom stereocenters. The molecule has 1 aliphatic heterocycles. The first-order chi connectivity index (χ1) is 11.2. The number of morpholine rings is 1. The summed E-state index contributed by atoms with van der Waals surface area (Å²) < 4.78 is 7.49. The van der Waals surface area contributed by atoms with E-state index in [1.807, 2.05) is 17.9 Å². The zero-order valence-electron chi connectivity index (χ0n) is 13.1. The summed E-state index contributed by atoms with van der Waals surface area (Å²) in [5, 5.41) is 4.03. The van der Waals surface area contributed by atoms with Gasteiger partial charge in [-0.2, -0.15) is 5.10 Å². The Kier molecular flexibility index (Phi) is 4.92. The number of hydrogen-bond acceptors (Lipinski definition) is 6. The largest absolute Gasteiger partial charge is 0.368 e. The first kappa shape index (κ1) is 15.5. The fourth-order valence-electron chi connectivity index (χ4n) is 2.61. The van der Waals surface area contributed by atoms with E-state index < -0.39 is 0 Å². The molecule has 8 nitrogen and oxygen atoms in total. The number of aryl methyl sites for hydroxylation is 2. The Hall–Kier alpha value is -2.35. The summed E-state index contributed by atoms with van der Waals surface area (Å²) in [6.07, 6.45) is 5.95. The summed E-state index contributed by atoms with van der Waals surface area (Å²) in [4.78, 5) is 26.6. The number of hydrogen-bond donors (Lipinski definition) is 0. The van der Waals surface area contributed by atoms with Crippen molar-refractivity contribution in [3.8, 4) is 0 Å². The fraction of sp³-hybridized carbons (Fsp3) is 0.533. The van der Waals surface area contributed by atoms with Gasteiger partial charge in [-0.3, -0.25) is 9.48 Å². The zero-order valence-corrected chi connectivity index (χ0v) is 13.1. The molecule has 0 N–H and O–H groups in total. The van der Waals surface area contributed by atoms with E-state index in [0.29, 0.717) is 38.5 Å². The van der Waals surface area contributed by atoms with Gasteiger partial charge in [-0.05, 0) is 19.4 Å². The van der Waals surface area contributed by atoms with Gasteiger partial charge < -0.3 is 9.64 Å². The van der Waals surface area contributed by atoms with Crippen molar-refractivity contribution in [2.24, 2.45) is 0 Å².